The fraction of sp³-hybridized carbons (Fsp3) is 0.917. The Bertz CT molecular complexity index is 328. The average Bonchev–Trinajstić information content (AvgIpc) is 2.87. The van der Waals surface area contributed by atoms with Gasteiger partial charge in [0, 0.05) is 19.3 Å². The van der Waals surface area contributed by atoms with E-state index in [9.17, 15) is 0 Å². The maximum atomic E-state index is 8.49. The summed E-state index contributed by atoms with van der Waals surface area (Å²) in [5.74, 6) is 0. The minimum Gasteiger partial charge on any atom is -0.364 e. The summed E-state index contributed by atoms with van der Waals surface area (Å²) in [4.78, 5) is 0. The lowest BCUT2D eigenvalue weighted by molar-refractivity contribution is -2.00. The Morgan fingerprint density at radius 1 is 0.947 bits per heavy atom. The number of hydrogen-bond acceptors (Lipinski definition) is 5. The van der Waals surface area contributed by atoms with Gasteiger partial charge in [-0.3, -0.25) is 0 Å². The number of ether oxygens (including phenoxy) is 1. The Balaban J connectivity index is 0.000000232. The first-order valence-electron chi connectivity index (χ1n) is 6.81. The molecule has 0 aromatic heterocycles. The third-order valence-corrected chi connectivity index (χ3v) is 3.95. The highest BCUT2D eigenvalue weighted by atomic mass is 35.7. The predicted octanol–water partition coefficient (Wildman–Crippen LogP) is -2.79. The lowest BCUT2D eigenvalue weighted by atomic mass is 9.99. The molecule has 3 saturated heterocycles. The summed E-state index contributed by atoms with van der Waals surface area (Å²) >= 11 is 0. The van der Waals surface area contributed by atoms with Crippen molar-refractivity contribution < 1.29 is 38.2 Å². The standard InChI is InChI=1S/C12H20NO.ClHO4/c1-2-9-13(8-1)11-5-3-4-10-6-7-12(11)14-10;2-1(3,4)5/h10,12H,1-9H2;(H,2,3,4,5)/q+1;/p-1. The molecule has 3 aliphatic rings. The van der Waals surface area contributed by atoms with Gasteiger partial charge in [-0.15, -0.1) is 10.2 Å². The molecular weight excluding hydrogens is 274 g/mol. The van der Waals surface area contributed by atoms with Gasteiger partial charge < -0.3 is 4.74 Å². The largest absolute Gasteiger partial charge is 0.364 e. The second-order valence-corrected chi connectivity index (χ2v) is 6.04. The van der Waals surface area contributed by atoms with Gasteiger partial charge in [0.1, 0.15) is 19.2 Å². The lowest BCUT2D eigenvalue weighted by Gasteiger charge is -2.17. The van der Waals surface area contributed by atoms with Crippen LogP contribution in [0.4, 0.5) is 0 Å². The van der Waals surface area contributed by atoms with Crippen LogP contribution in [0.15, 0.2) is 0 Å². The highest BCUT2D eigenvalue weighted by molar-refractivity contribution is 5.84. The van der Waals surface area contributed by atoms with Gasteiger partial charge in [-0.25, -0.2) is 23.2 Å². The quantitative estimate of drug-likeness (QED) is 0.449. The number of halogens is 1. The molecule has 0 aromatic rings. The van der Waals surface area contributed by atoms with E-state index in [1.54, 1.807) is 5.71 Å². The molecule has 2 atom stereocenters. The number of fused-ring (bicyclic) bond motifs is 2. The summed E-state index contributed by atoms with van der Waals surface area (Å²) < 4.78 is 42.7. The van der Waals surface area contributed by atoms with E-state index in [0.717, 1.165) is 0 Å². The fourth-order valence-corrected chi connectivity index (χ4v) is 3.20. The van der Waals surface area contributed by atoms with Gasteiger partial charge in [-0.2, -0.15) is 0 Å². The number of rotatable bonds is 0. The topological polar surface area (TPSA) is 104 Å². The van der Waals surface area contributed by atoms with E-state index in [-0.39, 0.29) is 0 Å². The van der Waals surface area contributed by atoms with Crippen LogP contribution >= 0.6 is 0 Å². The molecule has 0 saturated carbocycles. The normalized spacial score (nSPS) is 30.9. The molecule has 6 nitrogen and oxygen atoms in total. The molecule has 0 radical (unpaired) electrons. The van der Waals surface area contributed by atoms with Crippen molar-refractivity contribution in [2.45, 2.75) is 57.2 Å². The van der Waals surface area contributed by atoms with Crippen molar-refractivity contribution in [2.75, 3.05) is 13.1 Å². The molecule has 0 aromatic carbocycles. The summed E-state index contributed by atoms with van der Waals surface area (Å²) in [6, 6.07) is 0. The third kappa shape index (κ3) is 4.98. The molecule has 2 bridgehead atoms. The van der Waals surface area contributed by atoms with Crippen LogP contribution < -0.4 is 18.6 Å². The summed E-state index contributed by atoms with van der Waals surface area (Å²) in [6.07, 6.45) is 10.4. The molecule has 3 rings (SSSR count). The van der Waals surface area contributed by atoms with Crippen LogP contribution in [0.3, 0.4) is 0 Å². The van der Waals surface area contributed by atoms with Crippen LogP contribution in [0.25, 0.3) is 0 Å². The SMILES string of the molecule is C1CC(=[N+]2CCCC2)C2CCC(C1)O2.[O-][Cl+3]([O-])([O-])[O-]. The number of hydrogen-bond donors (Lipinski definition) is 0. The summed E-state index contributed by atoms with van der Waals surface area (Å²) in [7, 11) is -4.94. The van der Waals surface area contributed by atoms with E-state index in [2.05, 4.69) is 4.58 Å². The van der Waals surface area contributed by atoms with Crippen molar-refractivity contribution in [2.24, 2.45) is 0 Å². The maximum absolute atomic E-state index is 8.49. The Kier molecular flexibility index (Phi) is 5.16. The molecule has 3 fully saturated rings. The van der Waals surface area contributed by atoms with E-state index in [4.69, 9.17) is 23.4 Å². The van der Waals surface area contributed by atoms with Crippen molar-refractivity contribution >= 4 is 5.71 Å². The van der Waals surface area contributed by atoms with Crippen molar-refractivity contribution in [3.05, 3.63) is 0 Å². The highest BCUT2D eigenvalue weighted by Gasteiger charge is 2.37. The average molecular weight is 294 g/mol. The predicted molar refractivity (Wildman–Crippen MR) is 56.0 cm³/mol. The maximum Gasteiger partial charge on any atom is 0.181 e. The smallest absolute Gasteiger partial charge is 0.181 e. The Morgan fingerprint density at radius 2 is 1.58 bits per heavy atom. The van der Waals surface area contributed by atoms with Gasteiger partial charge in [0.15, 0.2) is 5.71 Å². The molecule has 0 N–H and O–H groups in total. The summed E-state index contributed by atoms with van der Waals surface area (Å²) in [5.41, 5.74) is 1.64. The molecule has 0 spiro atoms. The molecule has 19 heavy (non-hydrogen) atoms. The molecule has 3 aliphatic heterocycles. The van der Waals surface area contributed by atoms with E-state index in [1.165, 1.54) is 58.0 Å². The van der Waals surface area contributed by atoms with Crippen molar-refractivity contribution in [1.29, 1.82) is 0 Å². The van der Waals surface area contributed by atoms with E-state index in [0.29, 0.717) is 12.2 Å². The van der Waals surface area contributed by atoms with E-state index in [1.807, 2.05) is 0 Å². The van der Waals surface area contributed by atoms with Crippen LogP contribution in [0.1, 0.15) is 44.9 Å². The fourth-order valence-electron chi connectivity index (χ4n) is 3.20. The van der Waals surface area contributed by atoms with E-state index < -0.39 is 10.2 Å². The second-order valence-electron chi connectivity index (χ2n) is 5.28. The first-order chi connectivity index (χ1) is 8.93. The molecular formula is C12H20ClNO5. The van der Waals surface area contributed by atoms with Gasteiger partial charge in [-0.1, -0.05) is 0 Å². The van der Waals surface area contributed by atoms with Crippen LogP contribution in [-0.4, -0.2) is 35.6 Å². The van der Waals surface area contributed by atoms with Gasteiger partial charge in [-0.05, 0) is 25.7 Å². The Morgan fingerprint density at radius 3 is 2.21 bits per heavy atom. The zero-order valence-corrected chi connectivity index (χ0v) is 11.6. The first-order valence-corrected chi connectivity index (χ1v) is 8.05. The molecule has 2 unspecified atom stereocenters. The van der Waals surface area contributed by atoms with Crippen LogP contribution in [0.5, 0.6) is 0 Å². The van der Waals surface area contributed by atoms with Crippen LogP contribution in [0, 0.1) is 10.2 Å². The van der Waals surface area contributed by atoms with Gasteiger partial charge in [0.05, 0.1) is 6.10 Å². The summed E-state index contributed by atoms with van der Waals surface area (Å²) in [6.45, 7) is 2.58. The van der Waals surface area contributed by atoms with Gasteiger partial charge in [0.25, 0.3) is 0 Å². The van der Waals surface area contributed by atoms with Crippen molar-refractivity contribution in [1.82, 2.24) is 0 Å². The lowest BCUT2D eigenvalue weighted by Crippen LogP contribution is -2.68. The van der Waals surface area contributed by atoms with Crippen molar-refractivity contribution in [3.8, 4) is 0 Å². The number of nitrogens with zero attached hydrogens (tertiary/aromatic N) is 1. The minimum absolute atomic E-state index is 0.501. The van der Waals surface area contributed by atoms with Crippen LogP contribution in [0.2, 0.25) is 0 Å². The molecule has 0 aliphatic carbocycles. The second kappa shape index (κ2) is 6.47. The highest BCUT2D eigenvalue weighted by Crippen LogP contribution is 2.30. The molecule has 3 heterocycles. The van der Waals surface area contributed by atoms with Gasteiger partial charge in [0.2, 0.25) is 0 Å². The van der Waals surface area contributed by atoms with Gasteiger partial charge >= 0.3 is 0 Å². The zero-order valence-electron chi connectivity index (χ0n) is 10.9. The third-order valence-electron chi connectivity index (χ3n) is 3.95. The Hall–Kier alpha value is -0.240. The Labute approximate surface area is 115 Å². The monoisotopic (exact) mass is 293 g/mol. The summed E-state index contributed by atoms with van der Waals surface area (Å²) in [5, 5.41) is 0. The minimum atomic E-state index is -4.94. The van der Waals surface area contributed by atoms with Crippen molar-refractivity contribution in [3.63, 3.8) is 0 Å². The van der Waals surface area contributed by atoms with E-state index >= 15 is 0 Å². The molecule has 110 valence electrons. The first kappa shape index (κ1) is 15.2. The van der Waals surface area contributed by atoms with Crippen LogP contribution in [-0.2, 0) is 4.74 Å². The zero-order chi connectivity index (χ0) is 13.9. The molecule has 7 heteroatoms. The molecule has 0 amide bonds.